The van der Waals surface area contributed by atoms with E-state index in [2.05, 4.69) is 0 Å². The van der Waals surface area contributed by atoms with Gasteiger partial charge >= 0.3 is 0 Å². The van der Waals surface area contributed by atoms with E-state index in [1.54, 1.807) is 17.0 Å². The summed E-state index contributed by atoms with van der Waals surface area (Å²) in [5.41, 5.74) is 5.02. The Morgan fingerprint density at radius 2 is 1.89 bits per heavy atom. The van der Waals surface area contributed by atoms with Crippen LogP contribution in [-0.4, -0.2) is 34.9 Å². The predicted octanol–water partition coefficient (Wildman–Crippen LogP) is 3.20. The molecule has 6 heteroatoms. The largest absolute Gasteiger partial charge is 0.383 e. The van der Waals surface area contributed by atoms with Crippen molar-refractivity contribution >= 4 is 11.8 Å². The van der Waals surface area contributed by atoms with Gasteiger partial charge in [-0.15, -0.1) is 0 Å². The molecule has 1 aromatic rings. The molecule has 1 fully saturated rings. The number of β-amino-alcohol motifs (C(OH)–C–C–N with tert-alkyl or cyclic N) is 1. The number of rotatable bonds is 8. The lowest BCUT2D eigenvalue weighted by molar-refractivity contribution is -0.148. The van der Waals surface area contributed by atoms with Gasteiger partial charge in [-0.25, -0.2) is 4.39 Å². The summed E-state index contributed by atoms with van der Waals surface area (Å²) in [5, 5.41) is 11.2. The van der Waals surface area contributed by atoms with Crippen LogP contribution in [0.4, 0.5) is 4.39 Å². The van der Waals surface area contributed by atoms with Crippen molar-refractivity contribution in [2.24, 2.45) is 23.5 Å². The second kappa shape index (κ2) is 9.50. The van der Waals surface area contributed by atoms with Crippen LogP contribution in [0.5, 0.6) is 0 Å². The Kier molecular flexibility index (Phi) is 7.58. The molecule has 3 N–H and O–H groups in total. The van der Waals surface area contributed by atoms with Gasteiger partial charge in [0, 0.05) is 18.4 Å². The van der Waals surface area contributed by atoms with E-state index in [1.165, 1.54) is 12.1 Å². The molecule has 2 unspecified atom stereocenters. The molecule has 0 bridgehead atoms. The Balaban J connectivity index is 2.25. The number of likely N-dealkylation sites (tertiary alicyclic amines) is 1. The van der Waals surface area contributed by atoms with E-state index in [9.17, 15) is 19.1 Å². The minimum atomic E-state index is -1.21. The van der Waals surface area contributed by atoms with Gasteiger partial charge in [-0.2, -0.15) is 0 Å². The number of aliphatic hydroxyl groups is 1. The molecule has 28 heavy (non-hydrogen) atoms. The number of hydrogen-bond donors (Lipinski definition) is 2. The first kappa shape index (κ1) is 22.3. The summed E-state index contributed by atoms with van der Waals surface area (Å²) in [7, 11) is 0. The number of nitrogens with two attached hydrogens (primary N) is 1. The maximum atomic E-state index is 13.4. The topological polar surface area (TPSA) is 83.6 Å². The van der Waals surface area contributed by atoms with Crippen molar-refractivity contribution < 1.29 is 19.1 Å². The van der Waals surface area contributed by atoms with Gasteiger partial charge < -0.3 is 15.7 Å². The van der Waals surface area contributed by atoms with Gasteiger partial charge in [0.15, 0.2) is 0 Å². The SMILES string of the molecule is CCCC(C(N)=O)C(CC(C)C)C(=O)N1CCC[C@@](O)(c2ccc(F)cc2)C1. The Morgan fingerprint density at radius 1 is 1.25 bits per heavy atom. The first-order chi connectivity index (χ1) is 13.2. The summed E-state index contributed by atoms with van der Waals surface area (Å²) in [5.74, 6) is -1.66. The highest BCUT2D eigenvalue weighted by Crippen LogP contribution is 2.34. The van der Waals surface area contributed by atoms with E-state index in [-0.39, 0.29) is 24.2 Å². The molecule has 1 aliphatic heterocycles. The Bertz CT molecular complexity index is 677. The normalized spacial score (nSPS) is 22.1. The van der Waals surface area contributed by atoms with Crippen LogP contribution in [0.15, 0.2) is 24.3 Å². The third kappa shape index (κ3) is 5.31. The molecule has 0 spiro atoms. The Morgan fingerprint density at radius 3 is 2.43 bits per heavy atom. The molecule has 1 aromatic carbocycles. The Hall–Kier alpha value is -1.95. The zero-order valence-corrected chi connectivity index (χ0v) is 17.2. The average Bonchev–Trinajstić information content (AvgIpc) is 2.64. The number of amides is 2. The molecule has 0 aromatic heterocycles. The van der Waals surface area contributed by atoms with E-state index in [0.29, 0.717) is 37.8 Å². The summed E-state index contributed by atoms with van der Waals surface area (Å²) >= 11 is 0. The number of halogens is 1. The maximum absolute atomic E-state index is 13.4. The fourth-order valence-electron chi connectivity index (χ4n) is 4.25. The third-order valence-electron chi connectivity index (χ3n) is 5.66. The van der Waals surface area contributed by atoms with Gasteiger partial charge in [0.05, 0.1) is 6.54 Å². The molecule has 0 aliphatic carbocycles. The molecule has 0 saturated carbocycles. The number of piperidine rings is 1. The lowest BCUT2D eigenvalue weighted by Crippen LogP contribution is -2.52. The molecule has 1 saturated heterocycles. The third-order valence-corrected chi connectivity index (χ3v) is 5.66. The molecule has 2 amide bonds. The first-order valence-electron chi connectivity index (χ1n) is 10.2. The maximum Gasteiger partial charge on any atom is 0.226 e. The number of benzene rings is 1. The van der Waals surface area contributed by atoms with Gasteiger partial charge in [-0.1, -0.05) is 39.3 Å². The molecule has 0 radical (unpaired) electrons. The van der Waals surface area contributed by atoms with Crippen molar-refractivity contribution in [2.45, 2.75) is 58.5 Å². The zero-order valence-electron chi connectivity index (χ0n) is 17.2. The fraction of sp³-hybridized carbons (Fsp3) is 0.636. The smallest absolute Gasteiger partial charge is 0.226 e. The molecule has 3 atom stereocenters. The quantitative estimate of drug-likeness (QED) is 0.713. The number of carbonyl (C=O) groups is 2. The van der Waals surface area contributed by atoms with E-state index < -0.39 is 23.3 Å². The molecule has 2 rings (SSSR count). The standard InChI is InChI=1S/C22H33FN2O3/c1-4-6-18(20(24)26)19(13-15(2)3)21(27)25-12-5-11-22(28,14-25)16-7-9-17(23)10-8-16/h7-10,15,18-19,28H,4-6,11-14H2,1-3H3,(H2,24,26)/t18?,19?,22-/m0/s1. The van der Waals surface area contributed by atoms with E-state index in [1.807, 2.05) is 20.8 Å². The predicted molar refractivity (Wildman–Crippen MR) is 107 cm³/mol. The number of primary amides is 1. The number of hydrogen-bond acceptors (Lipinski definition) is 3. The van der Waals surface area contributed by atoms with Crippen LogP contribution >= 0.6 is 0 Å². The summed E-state index contributed by atoms with van der Waals surface area (Å²) in [6.45, 7) is 6.70. The molecular weight excluding hydrogens is 359 g/mol. The van der Waals surface area contributed by atoms with Crippen LogP contribution in [-0.2, 0) is 15.2 Å². The molecule has 1 aliphatic rings. The summed E-state index contributed by atoms with van der Waals surface area (Å²) in [6.07, 6.45) is 3.08. The van der Waals surface area contributed by atoms with Crippen molar-refractivity contribution in [3.05, 3.63) is 35.6 Å². The van der Waals surface area contributed by atoms with E-state index in [4.69, 9.17) is 5.73 Å². The van der Waals surface area contributed by atoms with Gasteiger partial charge in [-0.3, -0.25) is 9.59 Å². The molecule has 5 nitrogen and oxygen atoms in total. The van der Waals surface area contributed by atoms with Gasteiger partial charge in [0.25, 0.3) is 0 Å². The highest BCUT2D eigenvalue weighted by Gasteiger charge is 2.41. The van der Waals surface area contributed by atoms with Crippen molar-refractivity contribution in [2.75, 3.05) is 13.1 Å². The van der Waals surface area contributed by atoms with E-state index in [0.717, 1.165) is 6.42 Å². The van der Waals surface area contributed by atoms with Crippen LogP contribution < -0.4 is 5.73 Å². The molecule has 1 heterocycles. The number of carbonyl (C=O) groups excluding carboxylic acids is 2. The zero-order chi connectivity index (χ0) is 20.9. The van der Waals surface area contributed by atoms with Crippen molar-refractivity contribution in [1.29, 1.82) is 0 Å². The van der Waals surface area contributed by atoms with Gasteiger partial charge in [0.1, 0.15) is 11.4 Å². The average molecular weight is 393 g/mol. The van der Waals surface area contributed by atoms with Crippen LogP contribution in [0.2, 0.25) is 0 Å². The minimum Gasteiger partial charge on any atom is -0.383 e. The second-order valence-electron chi connectivity index (χ2n) is 8.44. The Labute approximate surface area is 167 Å². The van der Waals surface area contributed by atoms with Crippen LogP contribution in [0.1, 0.15) is 58.4 Å². The lowest BCUT2D eigenvalue weighted by Gasteiger charge is -2.41. The summed E-state index contributed by atoms with van der Waals surface area (Å²) in [6, 6.07) is 5.77. The van der Waals surface area contributed by atoms with Gasteiger partial charge in [-0.05, 0) is 49.3 Å². The monoisotopic (exact) mass is 392 g/mol. The van der Waals surface area contributed by atoms with Gasteiger partial charge in [0.2, 0.25) is 11.8 Å². The molecule has 156 valence electrons. The fourth-order valence-corrected chi connectivity index (χ4v) is 4.25. The van der Waals surface area contributed by atoms with Crippen molar-refractivity contribution in [3.8, 4) is 0 Å². The number of nitrogens with zero attached hydrogens (tertiary/aromatic N) is 1. The first-order valence-corrected chi connectivity index (χ1v) is 10.2. The van der Waals surface area contributed by atoms with Crippen molar-refractivity contribution in [3.63, 3.8) is 0 Å². The summed E-state index contributed by atoms with van der Waals surface area (Å²) in [4.78, 5) is 27.1. The summed E-state index contributed by atoms with van der Waals surface area (Å²) < 4.78 is 13.3. The minimum absolute atomic E-state index is 0.119. The molecular formula is C22H33FN2O3. The van der Waals surface area contributed by atoms with Crippen LogP contribution in [0.3, 0.4) is 0 Å². The lowest BCUT2D eigenvalue weighted by atomic mass is 9.80. The highest BCUT2D eigenvalue weighted by molar-refractivity contribution is 5.87. The highest BCUT2D eigenvalue weighted by atomic mass is 19.1. The van der Waals surface area contributed by atoms with Crippen LogP contribution in [0.25, 0.3) is 0 Å². The van der Waals surface area contributed by atoms with Crippen molar-refractivity contribution in [1.82, 2.24) is 4.90 Å². The van der Waals surface area contributed by atoms with Crippen LogP contribution in [0, 0.1) is 23.6 Å². The van der Waals surface area contributed by atoms with E-state index >= 15 is 0 Å². The second-order valence-corrected chi connectivity index (χ2v) is 8.44.